The molecule has 142 valence electrons. The van der Waals surface area contributed by atoms with Crippen molar-refractivity contribution in [2.24, 2.45) is 0 Å². The summed E-state index contributed by atoms with van der Waals surface area (Å²) in [6.07, 6.45) is 0.134. The van der Waals surface area contributed by atoms with Crippen molar-refractivity contribution in [3.8, 4) is 6.07 Å². The van der Waals surface area contributed by atoms with E-state index in [-0.39, 0.29) is 34.5 Å². The van der Waals surface area contributed by atoms with Crippen molar-refractivity contribution in [1.29, 1.82) is 5.26 Å². The van der Waals surface area contributed by atoms with Gasteiger partial charge in [0.2, 0.25) is 10.0 Å². The second-order valence-electron chi connectivity index (χ2n) is 5.59. The lowest BCUT2D eigenvalue weighted by atomic mass is 10.2. The fourth-order valence-electron chi connectivity index (χ4n) is 1.78. The van der Waals surface area contributed by atoms with E-state index in [0.717, 1.165) is 10.4 Å². The van der Waals surface area contributed by atoms with Gasteiger partial charge in [0, 0.05) is 19.6 Å². The van der Waals surface area contributed by atoms with Crippen molar-refractivity contribution in [3.63, 3.8) is 0 Å². The van der Waals surface area contributed by atoms with Crippen LogP contribution in [-0.4, -0.2) is 50.8 Å². The number of nitrogens with zero attached hydrogens (tertiary/aromatic N) is 2. The van der Waals surface area contributed by atoms with E-state index in [1.165, 1.54) is 19.2 Å². The molecule has 0 radical (unpaired) electrons. The zero-order chi connectivity index (χ0) is 19.9. The number of halogens is 1. The van der Waals surface area contributed by atoms with E-state index in [1.54, 1.807) is 13.8 Å². The minimum absolute atomic E-state index is 0.00559. The molecular weight excluding hydrogens is 382 g/mol. The molecule has 0 fully saturated rings. The minimum Gasteiger partial charge on any atom is -0.452 e. The summed E-state index contributed by atoms with van der Waals surface area (Å²) in [6.45, 7) is 3.01. The van der Waals surface area contributed by atoms with Gasteiger partial charge >= 0.3 is 5.97 Å². The number of benzene rings is 1. The Bertz CT molecular complexity index is 818. The van der Waals surface area contributed by atoms with Gasteiger partial charge in [-0.3, -0.25) is 4.79 Å². The molecule has 10 heteroatoms. The molecule has 0 aliphatic carbocycles. The van der Waals surface area contributed by atoms with Crippen LogP contribution in [0.15, 0.2) is 23.1 Å². The van der Waals surface area contributed by atoms with Gasteiger partial charge in [-0.15, -0.1) is 0 Å². The fraction of sp³-hybridized carbons (Fsp3) is 0.438. The van der Waals surface area contributed by atoms with Gasteiger partial charge in [0.25, 0.3) is 5.91 Å². The summed E-state index contributed by atoms with van der Waals surface area (Å²) in [5, 5.41) is 10.8. The van der Waals surface area contributed by atoms with Crippen LogP contribution in [0.1, 0.15) is 30.6 Å². The van der Waals surface area contributed by atoms with Crippen LogP contribution < -0.4 is 5.32 Å². The van der Waals surface area contributed by atoms with Crippen LogP contribution >= 0.6 is 11.6 Å². The molecule has 1 N–H and O–H groups in total. The van der Waals surface area contributed by atoms with Gasteiger partial charge in [-0.25, -0.2) is 13.2 Å². The highest BCUT2D eigenvalue weighted by molar-refractivity contribution is 7.89. The molecule has 1 amide bonds. The van der Waals surface area contributed by atoms with E-state index in [9.17, 15) is 18.0 Å². The predicted octanol–water partition coefficient (Wildman–Crippen LogP) is 1.56. The summed E-state index contributed by atoms with van der Waals surface area (Å²) in [7, 11) is -2.37. The molecule has 0 bridgehead atoms. The molecule has 8 nitrogen and oxygen atoms in total. The van der Waals surface area contributed by atoms with Gasteiger partial charge in [0.05, 0.1) is 28.0 Å². The lowest BCUT2D eigenvalue weighted by molar-refractivity contribution is -0.124. The Morgan fingerprint density at radius 1 is 1.38 bits per heavy atom. The lowest BCUT2D eigenvalue weighted by Crippen LogP contribution is -2.33. The SMILES string of the molecule is CC(C)N(C)S(=O)(=O)c1ccc(Cl)c(C(=O)OCC(=O)NCCC#N)c1. The van der Waals surface area contributed by atoms with Crippen LogP contribution in [0.3, 0.4) is 0 Å². The highest BCUT2D eigenvalue weighted by Crippen LogP contribution is 2.24. The first-order valence-electron chi connectivity index (χ1n) is 7.69. The molecule has 0 aliphatic rings. The molecule has 1 aromatic rings. The monoisotopic (exact) mass is 401 g/mol. The highest BCUT2D eigenvalue weighted by atomic mass is 35.5. The number of amides is 1. The predicted molar refractivity (Wildman–Crippen MR) is 95.1 cm³/mol. The van der Waals surface area contributed by atoms with Gasteiger partial charge < -0.3 is 10.1 Å². The van der Waals surface area contributed by atoms with Crippen LogP contribution in [-0.2, 0) is 19.6 Å². The number of carbonyl (C=O) groups is 2. The van der Waals surface area contributed by atoms with Crippen LogP contribution in [0.25, 0.3) is 0 Å². The van der Waals surface area contributed by atoms with Crippen molar-refractivity contribution >= 4 is 33.5 Å². The molecule has 0 saturated carbocycles. The summed E-state index contributed by atoms with van der Waals surface area (Å²) >= 11 is 5.96. The van der Waals surface area contributed by atoms with E-state index in [4.69, 9.17) is 21.6 Å². The van der Waals surface area contributed by atoms with Crippen LogP contribution in [0.5, 0.6) is 0 Å². The van der Waals surface area contributed by atoms with E-state index >= 15 is 0 Å². The Labute approximate surface area is 157 Å². The van der Waals surface area contributed by atoms with Gasteiger partial charge in [-0.1, -0.05) is 11.6 Å². The molecule has 26 heavy (non-hydrogen) atoms. The first-order chi connectivity index (χ1) is 12.1. The Hall–Kier alpha value is -2.15. The Balaban J connectivity index is 2.92. The summed E-state index contributed by atoms with van der Waals surface area (Å²) in [6, 6.07) is 5.28. The maximum absolute atomic E-state index is 12.5. The highest BCUT2D eigenvalue weighted by Gasteiger charge is 2.25. The molecule has 0 aliphatic heterocycles. The summed E-state index contributed by atoms with van der Waals surface area (Å²) in [5.41, 5.74) is -0.158. The van der Waals surface area contributed by atoms with E-state index in [1.807, 2.05) is 6.07 Å². The number of sulfonamides is 1. The van der Waals surface area contributed by atoms with Crippen molar-refractivity contribution in [2.45, 2.75) is 31.2 Å². The number of ether oxygens (including phenoxy) is 1. The Morgan fingerprint density at radius 2 is 2.04 bits per heavy atom. The third kappa shape index (κ3) is 5.69. The zero-order valence-electron chi connectivity index (χ0n) is 14.7. The molecular formula is C16H20ClN3O5S. The number of hydrogen-bond acceptors (Lipinski definition) is 6. The third-order valence-corrected chi connectivity index (χ3v) is 5.81. The van der Waals surface area contributed by atoms with E-state index in [0.29, 0.717) is 0 Å². The summed E-state index contributed by atoms with van der Waals surface area (Å²) < 4.78 is 31.0. The van der Waals surface area contributed by atoms with Gasteiger partial charge in [-0.05, 0) is 32.0 Å². The molecule has 0 heterocycles. The maximum Gasteiger partial charge on any atom is 0.340 e. The molecule has 0 spiro atoms. The minimum atomic E-state index is -3.80. The molecule has 0 aromatic heterocycles. The van der Waals surface area contributed by atoms with Crippen molar-refractivity contribution in [3.05, 3.63) is 28.8 Å². The second-order valence-corrected chi connectivity index (χ2v) is 8.00. The van der Waals surface area contributed by atoms with E-state index in [2.05, 4.69) is 5.32 Å². The van der Waals surface area contributed by atoms with Crippen LogP contribution in [0.2, 0.25) is 5.02 Å². The number of nitrogens with one attached hydrogen (secondary N) is 1. The Morgan fingerprint density at radius 3 is 2.62 bits per heavy atom. The molecule has 0 atom stereocenters. The molecule has 0 unspecified atom stereocenters. The fourth-order valence-corrected chi connectivity index (χ4v) is 3.37. The quantitative estimate of drug-likeness (QED) is 0.521. The summed E-state index contributed by atoms with van der Waals surface area (Å²) in [4.78, 5) is 23.5. The third-order valence-electron chi connectivity index (χ3n) is 3.46. The van der Waals surface area contributed by atoms with Crippen molar-refractivity contribution < 1.29 is 22.7 Å². The van der Waals surface area contributed by atoms with Gasteiger partial charge in [0.1, 0.15) is 0 Å². The van der Waals surface area contributed by atoms with Crippen LogP contribution in [0, 0.1) is 11.3 Å². The molecule has 1 rings (SSSR count). The average molecular weight is 402 g/mol. The average Bonchev–Trinajstić information content (AvgIpc) is 2.59. The van der Waals surface area contributed by atoms with Crippen LogP contribution in [0.4, 0.5) is 0 Å². The number of hydrogen-bond donors (Lipinski definition) is 1. The molecule has 0 saturated heterocycles. The van der Waals surface area contributed by atoms with Gasteiger partial charge in [-0.2, -0.15) is 9.57 Å². The zero-order valence-corrected chi connectivity index (χ0v) is 16.2. The second kappa shape index (κ2) is 9.52. The Kier molecular flexibility index (Phi) is 8.02. The largest absolute Gasteiger partial charge is 0.452 e. The first-order valence-corrected chi connectivity index (χ1v) is 9.51. The topological polar surface area (TPSA) is 117 Å². The van der Waals surface area contributed by atoms with Crippen molar-refractivity contribution in [1.82, 2.24) is 9.62 Å². The standard InChI is InChI=1S/C16H20ClN3O5S/c1-11(2)20(3)26(23,24)12-5-6-14(17)13(9-12)16(22)25-10-15(21)19-8-4-7-18/h5-6,9,11H,4,8,10H2,1-3H3,(H,19,21). The normalized spacial score (nSPS) is 11.3. The number of rotatable bonds is 8. The van der Waals surface area contributed by atoms with Gasteiger partial charge in [0.15, 0.2) is 6.61 Å². The van der Waals surface area contributed by atoms with E-state index < -0.39 is 28.5 Å². The first kappa shape index (κ1) is 21.9. The number of esters is 1. The van der Waals surface area contributed by atoms with Crippen molar-refractivity contribution in [2.75, 3.05) is 20.2 Å². The number of nitriles is 1. The number of carbonyl (C=O) groups excluding carboxylic acids is 2. The smallest absolute Gasteiger partial charge is 0.340 e. The lowest BCUT2D eigenvalue weighted by Gasteiger charge is -2.21. The maximum atomic E-state index is 12.5. The summed E-state index contributed by atoms with van der Waals surface area (Å²) in [5.74, 6) is -1.50. The molecule has 1 aromatic carbocycles.